The highest BCUT2D eigenvalue weighted by Gasteiger charge is 2.32. The molecule has 0 saturated carbocycles. The van der Waals surface area contributed by atoms with Crippen LogP contribution in [0.25, 0.3) is 0 Å². The third-order valence-corrected chi connectivity index (χ3v) is 5.96. The van der Waals surface area contributed by atoms with E-state index in [0.29, 0.717) is 10.3 Å². The van der Waals surface area contributed by atoms with Gasteiger partial charge in [-0.25, -0.2) is 12.8 Å². The number of amides is 1. The molecule has 2 aromatic rings. The summed E-state index contributed by atoms with van der Waals surface area (Å²) in [5, 5.41) is 11.0. The highest BCUT2D eigenvalue weighted by molar-refractivity contribution is 7.89. The van der Waals surface area contributed by atoms with E-state index in [2.05, 4.69) is 0 Å². The van der Waals surface area contributed by atoms with Crippen molar-refractivity contribution in [3.05, 3.63) is 65.4 Å². The van der Waals surface area contributed by atoms with Crippen molar-refractivity contribution in [2.45, 2.75) is 4.90 Å². The molecule has 0 N–H and O–H groups in total. The molecule has 9 heteroatoms. The quantitative estimate of drug-likeness (QED) is 0.589. The molecule has 3 rings (SSSR count). The fourth-order valence-corrected chi connectivity index (χ4v) is 4.15. The first kappa shape index (κ1) is 17.3. The molecule has 1 aromatic heterocycles. The molecule has 2 heterocycles. The second-order valence-electron chi connectivity index (χ2n) is 5.57. The zero-order valence-electron chi connectivity index (χ0n) is 13.2. The molecule has 0 bridgehead atoms. The molecule has 1 fully saturated rings. The van der Waals surface area contributed by atoms with Gasteiger partial charge in [0.15, 0.2) is 12.4 Å². The lowest BCUT2D eigenvalue weighted by molar-refractivity contribution is -0.605. The number of piperazine rings is 1. The van der Waals surface area contributed by atoms with E-state index in [1.165, 1.54) is 51.9 Å². The lowest BCUT2D eigenvalue weighted by Gasteiger charge is -2.34. The van der Waals surface area contributed by atoms with E-state index in [1.807, 2.05) is 0 Å². The van der Waals surface area contributed by atoms with Gasteiger partial charge in [0, 0.05) is 38.3 Å². The van der Waals surface area contributed by atoms with Crippen LogP contribution in [0.1, 0.15) is 10.4 Å². The Morgan fingerprint density at radius 3 is 2.24 bits per heavy atom. The van der Waals surface area contributed by atoms with Gasteiger partial charge in [-0.1, -0.05) is 12.1 Å². The van der Waals surface area contributed by atoms with Gasteiger partial charge in [-0.3, -0.25) is 4.79 Å². The standard InChI is InChI=1S/C16H16FN3O4S/c17-14-3-1-2-4-15(14)25(23,24)20-11-9-18(10-12-20)16(21)13-5-7-19(22)8-6-13/h1-8H,9-12H2. The number of hydrogen-bond acceptors (Lipinski definition) is 4. The lowest BCUT2D eigenvalue weighted by atomic mass is 10.2. The van der Waals surface area contributed by atoms with Crippen molar-refractivity contribution < 1.29 is 22.3 Å². The largest absolute Gasteiger partial charge is 0.619 e. The van der Waals surface area contributed by atoms with Crippen molar-refractivity contribution in [2.24, 2.45) is 0 Å². The predicted octanol–water partition coefficient (Wildman–Crippen LogP) is 0.606. The first-order chi connectivity index (χ1) is 11.9. The van der Waals surface area contributed by atoms with E-state index in [4.69, 9.17) is 0 Å². The number of carbonyl (C=O) groups is 1. The van der Waals surface area contributed by atoms with E-state index in [9.17, 15) is 22.8 Å². The normalized spacial score (nSPS) is 16.0. The topological polar surface area (TPSA) is 84.6 Å². The van der Waals surface area contributed by atoms with Crippen LogP contribution in [0, 0.1) is 11.0 Å². The number of nitrogens with zero attached hydrogens (tertiary/aromatic N) is 3. The number of sulfonamides is 1. The fraction of sp³-hybridized carbons (Fsp3) is 0.250. The minimum Gasteiger partial charge on any atom is -0.619 e. The predicted molar refractivity (Wildman–Crippen MR) is 86.5 cm³/mol. The van der Waals surface area contributed by atoms with Crippen LogP contribution in [0.5, 0.6) is 0 Å². The maximum Gasteiger partial charge on any atom is 0.254 e. The summed E-state index contributed by atoms with van der Waals surface area (Å²) in [6.07, 6.45) is 2.46. The SMILES string of the molecule is O=C(c1cc[n+]([O-])cc1)N1CCN(S(=O)(=O)c2ccccc2F)CC1. The Morgan fingerprint density at radius 2 is 1.64 bits per heavy atom. The zero-order chi connectivity index (χ0) is 18.0. The average molecular weight is 365 g/mol. The Balaban J connectivity index is 1.70. The molecule has 1 aromatic carbocycles. The smallest absolute Gasteiger partial charge is 0.254 e. The van der Waals surface area contributed by atoms with Crippen molar-refractivity contribution in [3.8, 4) is 0 Å². The number of rotatable bonds is 3. The van der Waals surface area contributed by atoms with Crippen LogP contribution >= 0.6 is 0 Å². The number of pyridine rings is 1. The van der Waals surface area contributed by atoms with Gasteiger partial charge >= 0.3 is 0 Å². The Hall–Kier alpha value is -2.52. The van der Waals surface area contributed by atoms with Crippen LogP contribution in [0.4, 0.5) is 4.39 Å². The summed E-state index contributed by atoms with van der Waals surface area (Å²) in [6, 6.07) is 8.05. The summed E-state index contributed by atoms with van der Waals surface area (Å²) in [5.41, 5.74) is 0.359. The minimum absolute atomic E-state index is 0.0802. The molecule has 132 valence electrons. The average Bonchev–Trinajstić information content (AvgIpc) is 2.62. The first-order valence-electron chi connectivity index (χ1n) is 7.62. The summed E-state index contributed by atoms with van der Waals surface area (Å²) >= 11 is 0. The summed E-state index contributed by atoms with van der Waals surface area (Å²) in [6.45, 7) is 0.547. The molecule has 0 radical (unpaired) electrons. The Kier molecular flexibility index (Phi) is 4.69. The molecule has 0 unspecified atom stereocenters. The third-order valence-electron chi connectivity index (χ3n) is 4.03. The second-order valence-corrected chi connectivity index (χ2v) is 7.48. The van der Waals surface area contributed by atoms with Gasteiger partial charge in [0.2, 0.25) is 10.0 Å². The molecule has 1 saturated heterocycles. The van der Waals surface area contributed by atoms with E-state index in [-0.39, 0.29) is 37.0 Å². The molecule has 1 aliphatic heterocycles. The van der Waals surface area contributed by atoms with Crippen LogP contribution in [-0.4, -0.2) is 49.7 Å². The lowest BCUT2D eigenvalue weighted by Crippen LogP contribution is -2.50. The van der Waals surface area contributed by atoms with Gasteiger partial charge in [-0.15, -0.1) is 0 Å². The summed E-state index contributed by atoms with van der Waals surface area (Å²) < 4.78 is 40.6. The van der Waals surface area contributed by atoms with Crippen LogP contribution < -0.4 is 4.73 Å². The van der Waals surface area contributed by atoms with Gasteiger partial charge < -0.3 is 10.1 Å². The van der Waals surface area contributed by atoms with Gasteiger partial charge in [0.05, 0.1) is 5.56 Å². The number of hydrogen-bond donors (Lipinski definition) is 0. The molecular formula is C16H16FN3O4S. The summed E-state index contributed by atoms with van der Waals surface area (Å²) in [4.78, 5) is 13.5. The molecule has 1 aliphatic rings. The van der Waals surface area contributed by atoms with Crippen LogP contribution in [-0.2, 0) is 10.0 Å². The highest BCUT2D eigenvalue weighted by atomic mass is 32.2. The van der Waals surface area contributed by atoms with Crippen molar-refractivity contribution in [2.75, 3.05) is 26.2 Å². The molecular weight excluding hydrogens is 349 g/mol. The molecule has 25 heavy (non-hydrogen) atoms. The maximum atomic E-state index is 13.8. The van der Waals surface area contributed by atoms with Gasteiger partial charge in [0.1, 0.15) is 10.7 Å². The molecule has 0 atom stereocenters. The highest BCUT2D eigenvalue weighted by Crippen LogP contribution is 2.20. The van der Waals surface area contributed by atoms with E-state index < -0.39 is 15.8 Å². The molecule has 7 nitrogen and oxygen atoms in total. The van der Waals surface area contributed by atoms with Gasteiger partial charge in [-0.05, 0) is 12.1 Å². The fourth-order valence-electron chi connectivity index (χ4n) is 2.66. The van der Waals surface area contributed by atoms with Crippen LogP contribution in [0.2, 0.25) is 0 Å². The van der Waals surface area contributed by atoms with Gasteiger partial charge in [-0.2, -0.15) is 9.04 Å². The van der Waals surface area contributed by atoms with Crippen molar-refractivity contribution >= 4 is 15.9 Å². The zero-order valence-corrected chi connectivity index (χ0v) is 14.0. The van der Waals surface area contributed by atoms with E-state index in [1.54, 1.807) is 0 Å². The number of halogens is 1. The summed E-state index contributed by atoms with van der Waals surface area (Å²) in [5.74, 6) is -1.07. The molecule has 0 aliphatic carbocycles. The Bertz CT molecular complexity index is 879. The third kappa shape index (κ3) is 3.47. The Labute approximate surface area is 144 Å². The van der Waals surface area contributed by atoms with Crippen molar-refractivity contribution in [1.82, 2.24) is 9.21 Å². The van der Waals surface area contributed by atoms with Crippen LogP contribution in [0.3, 0.4) is 0 Å². The molecule has 0 spiro atoms. The monoisotopic (exact) mass is 365 g/mol. The Morgan fingerprint density at radius 1 is 1.04 bits per heavy atom. The van der Waals surface area contributed by atoms with Crippen molar-refractivity contribution in [1.29, 1.82) is 0 Å². The van der Waals surface area contributed by atoms with Gasteiger partial charge in [0.25, 0.3) is 5.91 Å². The number of carbonyl (C=O) groups excluding carboxylic acids is 1. The maximum absolute atomic E-state index is 13.8. The van der Waals surface area contributed by atoms with Crippen molar-refractivity contribution in [3.63, 3.8) is 0 Å². The second kappa shape index (κ2) is 6.77. The van der Waals surface area contributed by atoms with E-state index in [0.717, 1.165) is 6.07 Å². The minimum atomic E-state index is -3.94. The first-order valence-corrected chi connectivity index (χ1v) is 9.06. The number of aromatic nitrogens is 1. The molecule has 1 amide bonds. The number of benzene rings is 1. The summed E-state index contributed by atoms with van der Waals surface area (Å²) in [7, 11) is -3.94. The van der Waals surface area contributed by atoms with E-state index >= 15 is 0 Å². The van der Waals surface area contributed by atoms with Crippen LogP contribution in [0.15, 0.2) is 53.7 Å².